The summed E-state index contributed by atoms with van der Waals surface area (Å²) in [4.78, 5) is 15.3. The van der Waals surface area contributed by atoms with Gasteiger partial charge in [0.2, 0.25) is 0 Å². The highest BCUT2D eigenvalue weighted by molar-refractivity contribution is 7.22. The van der Waals surface area contributed by atoms with Gasteiger partial charge < -0.3 is 15.1 Å². The first-order chi connectivity index (χ1) is 25.6. The Morgan fingerprint density at radius 3 is 2.47 bits per heavy atom. The molecule has 3 aromatic carbocycles. The van der Waals surface area contributed by atoms with Gasteiger partial charge in [-0.2, -0.15) is 0 Å². The van der Waals surface area contributed by atoms with Crippen LogP contribution in [0.5, 0.6) is 0 Å². The average molecular weight is 724 g/mol. The summed E-state index contributed by atoms with van der Waals surface area (Å²) >= 11 is 1.66. The van der Waals surface area contributed by atoms with Gasteiger partial charge in [0.1, 0.15) is 5.82 Å². The summed E-state index contributed by atoms with van der Waals surface area (Å²) < 4.78 is 1.17. The monoisotopic (exact) mass is 723 g/mol. The van der Waals surface area contributed by atoms with Crippen LogP contribution in [0.4, 0.5) is 10.9 Å². The molecule has 1 fully saturated rings. The van der Waals surface area contributed by atoms with Crippen LogP contribution in [-0.4, -0.2) is 41.0 Å². The molecule has 4 heterocycles. The summed E-state index contributed by atoms with van der Waals surface area (Å²) in [5.74, 6) is 1.88. The molecule has 7 rings (SSSR count). The molecular weight excluding hydrogens is 667 g/mol. The first-order valence-electron chi connectivity index (χ1n) is 19.7. The minimum Gasteiger partial charge on any atom is -0.352 e. The van der Waals surface area contributed by atoms with Gasteiger partial charge in [-0.15, -0.1) is 0 Å². The molecule has 53 heavy (non-hydrogen) atoms. The molecule has 5 nitrogen and oxygen atoms in total. The van der Waals surface area contributed by atoms with Crippen LogP contribution >= 0.6 is 11.3 Å². The quantitative estimate of drug-likeness (QED) is 0.139. The van der Waals surface area contributed by atoms with Crippen LogP contribution in [0.3, 0.4) is 0 Å². The molecule has 0 unspecified atom stereocenters. The SMILES string of the molecule is C=C(Nc1nc2ccccc2s1)c1cccc2c1CN(c1ccc(-c3cccc(CCCC4CCN(CC)CC4)c3C)c(C(=C)CC(C)(C)C)n1)CC2. The third-order valence-corrected chi connectivity index (χ3v) is 12.3. The Balaban J connectivity index is 1.13. The second-order valence-electron chi connectivity index (χ2n) is 16.5. The van der Waals surface area contributed by atoms with Crippen LogP contribution in [0.1, 0.15) is 93.3 Å². The van der Waals surface area contributed by atoms with Crippen molar-refractivity contribution in [1.82, 2.24) is 14.9 Å². The number of benzene rings is 3. The molecule has 0 amide bonds. The van der Waals surface area contributed by atoms with E-state index in [2.05, 4.69) is 130 Å². The van der Waals surface area contributed by atoms with Gasteiger partial charge in [-0.05, 0) is 134 Å². The zero-order chi connectivity index (χ0) is 37.1. The standard InChI is InChI=1S/C47H57N5S/c1-8-51-27-24-35(25-28-51)14-11-15-36-16-12-18-38(33(36)3)40-22-23-44(50-45(40)32(2)30-47(5,6)7)52-29-26-37-17-13-19-39(41(37)31-52)34(4)48-46-49-42-20-9-10-21-43(42)53-46/h9-10,12-13,16-23,35H,2,4,8,11,14-15,24-31H2,1,3,5-7H3,(H,48,49). The Hall–Kier alpha value is -4.26. The fourth-order valence-electron chi connectivity index (χ4n) is 8.44. The second-order valence-corrected chi connectivity index (χ2v) is 17.5. The smallest absolute Gasteiger partial charge is 0.188 e. The molecular formula is C47H57N5S. The lowest BCUT2D eigenvalue weighted by molar-refractivity contribution is 0.185. The number of hydrogen-bond donors (Lipinski definition) is 1. The lowest BCUT2D eigenvalue weighted by atomic mass is 9.84. The van der Waals surface area contributed by atoms with Crippen molar-refractivity contribution in [3.63, 3.8) is 0 Å². The van der Waals surface area contributed by atoms with Gasteiger partial charge in [0.05, 0.1) is 15.9 Å². The van der Waals surface area contributed by atoms with Crippen molar-refractivity contribution in [3.05, 3.63) is 119 Å². The molecule has 6 heteroatoms. The first kappa shape index (κ1) is 37.1. The van der Waals surface area contributed by atoms with E-state index in [0.717, 1.165) is 77.3 Å². The third-order valence-electron chi connectivity index (χ3n) is 11.4. The highest BCUT2D eigenvalue weighted by Crippen LogP contribution is 2.39. The number of nitrogens with zero attached hydrogens (tertiary/aromatic N) is 4. The van der Waals surface area contributed by atoms with Crippen molar-refractivity contribution in [1.29, 1.82) is 0 Å². The van der Waals surface area contributed by atoms with E-state index in [0.29, 0.717) is 0 Å². The van der Waals surface area contributed by atoms with Crippen molar-refractivity contribution in [3.8, 4) is 11.1 Å². The summed E-state index contributed by atoms with van der Waals surface area (Å²) in [7, 11) is 0. The number of rotatable bonds is 12. The number of aryl methyl sites for hydroxylation is 1. The molecule has 2 aliphatic heterocycles. The van der Waals surface area contributed by atoms with Gasteiger partial charge in [0.15, 0.2) is 5.13 Å². The summed E-state index contributed by atoms with van der Waals surface area (Å²) in [5.41, 5.74) is 13.3. The molecule has 1 N–H and O–H groups in total. The molecule has 0 spiro atoms. The Morgan fingerprint density at radius 1 is 0.906 bits per heavy atom. The molecule has 0 bridgehead atoms. The Morgan fingerprint density at radius 2 is 1.70 bits per heavy atom. The van der Waals surface area contributed by atoms with Crippen molar-refractivity contribution in [2.75, 3.05) is 36.4 Å². The predicted molar refractivity (Wildman–Crippen MR) is 229 cm³/mol. The van der Waals surface area contributed by atoms with Gasteiger partial charge in [-0.3, -0.25) is 0 Å². The van der Waals surface area contributed by atoms with Crippen LogP contribution < -0.4 is 10.2 Å². The van der Waals surface area contributed by atoms with E-state index in [1.807, 2.05) is 6.07 Å². The van der Waals surface area contributed by atoms with E-state index in [1.165, 1.54) is 83.4 Å². The molecule has 0 atom stereocenters. The van der Waals surface area contributed by atoms with Crippen LogP contribution in [0.2, 0.25) is 0 Å². The van der Waals surface area contributed by atoms with Gasteiger partial charge in [0, 0.05) is 29.9 Å². The van der Waals surface area contributed by atoms with Crippen molar-refractivity contribution < 1.29 is 0 Å². The number of aromatic nitrogens is 2. The molecule has 276 valence electrons. The largest absolute Gasteiger partial charge is 0.352 e. The van der Waals surface area contributed by atoms with E-state index in [-0.39, 0.29) is 5.41 Å². The predicted octanol–water partition coefficient (Wildman–Crippen LogP) is 11.8. The van der Waals surface area contributed by atoms with Crippen LogP contribution in [0.25, 0.3) is 32.6 Å². The van der Waals surface area contributed by atoms with Gasteiger partial charge in [0.25, 0.3) is 0 Å². The molecule has 0 radical (unpaired) electrons. The minimum absolute atomic E-state index is 0.103. The van der Waals surface area contributed by atoms with E-state index >= 15 is 0 Å². The van der Waals surface area contributed by atoms with Crippen LogP contribution in [-0.2, 0) is 19.4 Å². The summed E-state index contributed by atoms with van der Waals surface area (Å²) in [5, 5.41) is 4.40. The molecule has 2 aromatic heterocycles. The lowest BCUT2D eigenvalue weighted by Gasteiger charge is -2.32. The topological polar surface area (TPSA) is 44.3 Å². The van der Waals surface area contributed by atoms with Crippen LogP contribution in [0, 0.1) is 18.3 Å². The fourth-order valence-corrected chi connectivity index (χ4v) is 9.33. The number of pyridine rings is 1. The zero-order valence-corrected chi connectivity index (χ0v) is 33.4. The number of anilines is 2. The number of likely N-dealkylation sites (tertiary alicyclic amines) is 1. The number of allylic oxidation sites excluding steroid dienone is 1. The van der Waals surface area contributed by atoms with Crippen molar-refractivity contribution >= 4 is 43.8 Å². The van der Waals surface area contributed by atoms with E-state index in [9.17, 15) is 0 Å². The summed E-state index contributed by atoms with van der Waals surface area (Å²) in [6.45, 7) is 26.0. The minimum atomic E-state index is 0.103. The third kappa shape index (κ3) is 8.60. The number of nitrogens with one attached hydrogen (secondary N) is 1. The lowest BCUT2D eigenvalue weighted by Crippen LogP contribution is -2.33. The highest BCUT2D eigenvalue weighted by Gasteiger charge is 2.25. The van der Waals surface area contributed by atoms with Crippen molar-refractivity contribution in [2.45, 2.75) is 86.1 Å². The zero-order valence-electron chi connectivity index (χ0n) is 32.6. The number of fused-ring (bicyclic) bond motifs is 2. The molecule has 5 aromatic rings. The maximum absolute atomic E-state index is 5.48. The maximum Gasteiger partial charge on any atom is 0.188 e. The number of para-hydroxylation sites is 1. The van der Waals surface area contributed by atoms with E-state index in [4.69, 9.17) is 9.97 Å². The Bertz CT molecular complexity index is 2060. The molecule has 1 saturated heterocycles. The first-order valence-corrected chi connectivity index (χ1v) is 20.6. The summed E-state index contributed by atoms with van der Waals surface area (Å²) in [6.07, 6.45) is 8.26. The van der Waals surface area contributed by atoms with E-state index < -0.39 is 0 Å². The average Bonchev–Trinajstić information content (AvgIpc) is 3.57. The Labute approximate surface area is 321 Å². The molecule has 0 aliphatic carbocycles. The number of thiazole rings is 1. The Kier molecular flexibility index (Phi) is 11.2. The second kappa shape index (κ2) is 16.0. The van der Waals surface area contributed by atoms with Gasteiger partial charge in [-0.25, -0.2) is 9.97 Å². The van der Waals surface area contributed by atoms with Gasteiger partial charge in [-0.1, -0.05) is 107 Å². The molecule has 0 saturated carbocycles. The van der Waals surface area contributed by atoms with Gasteiger partial charge >= 0.3 is 0 Å². The highest BCUT2D eigenvalue weighted by atomic mass is 32.1. The number of piperidine rings is 1. The maximum atomic E-state index is 5.48. The van der Waals surface area contributed by atoms with Crippen LogP contribution in [0.15, 0.2) is 86.0 Å². The normalized spacial score (nSPS) is 15.5. The summed E-state index contributed by atoms with van der Waals surface area (Å²) in [6, 6.07) is 26.3. The number of hydrogen-bond acceptors (Lipinski definition) is 6. The fraction of sp³-hybridized carbons (Fsp3) is 0.404. The van der Waals surface area contributed by atoms with E-state index in [1.54, 1.807) is 11.3 Å². The van der Waals surface area contributed by atoms with Crippen molar-refractivity contribution in [2.24, 2.45) is 11.3 Å². The molecule has 2 aliphatic rings.